The molecule has 0 fully saturated rings. The van der Waals surface area contributed by atoms with E-state index in [0.29, 0.717) is 23.3 Å². The van der Waals surface area contributed by atoms with Crippen LogP contribution in [0.1, 0.15) is 0 Å². The molecule has 0 aliphatic carbocycles. The minimum atomic E-state index is 0.615. The SMILES string of the molecule is c1ccc(-c2cccc(-c3nc(-c4ccccc4)nc(-c4cccc5sc6cccc(-c7nc(-c8ccccc8)c8sc9ccccc9c8n7)c6c45)n3)c2)cc1. The number of rotatable bonds is 6. The van der Waals surface area contributed by atoms with Gasteiger partial charge in [-0.15, -0.1) is 22.7 Å². The molecule has 0 aliphatic rings. The fraction of sp³-hybridized carbons (Fsp3) is 0. The van der Waals surface area contributed by atoms with Gasteiger partial charge in [-0.3, -0.25) is 0 Å². The van der Waals surface area contributed by atoms with Crippen molar-refractivity contribution in [2.75, 3.05) is 0 Å². The molecule has 0 saturated carbocycles. The van der Waals surface area contributed by atoms with Gasteiger partial charge in [0.2, 0.25) is 0 Å². The molecule has 0 spiro atoms. The third kappa shape index (κ3) is 5.56. The highest BCUT2D eigenvalue weighted by atomic mass is 32.1. The average Bonchev–Trinajstić information content (AvgIpc) is 3.86. The third-order valence-corrected chi connectivity index (χ3v) is 12.5. The predicted molar refractivity (Wildman–Crippen MR) is 234 cm³/mol. The van der Waals surface area contributed by atoms with E-state index < -0.39 is 0 Å². The minimum Gasteiger partial charge on any atom is -0.226 e. The Balaban J connectivity index is 1.16. The Morgan fingerprint density at radius 3 is 1.52 bits per heavy atom. The summed E-state index contributed by atoms with van der Waals surface area (Å²) in [5, 5.41) is 3.31. The van der Waals surface area contributed by atoms with Crippen LogP contribution in [0.4, 0.5) is 0 Å². The summed E-state index contributed by atoms with van der Waals surface area (Å²) in [6, 6.07) is 60.8. The standard InChI is InChI=1S/C49H29N5S2/c1-4-15-30(16-5-1)33-21-12-22-34(29-33)47-52-46(32-19-8-3-9-20-32)53-49(54-47)37-25-14-28-40-42(37)41-36(24-13-27-39(41)55-40)48-50-43(31-17-6-2-7-18-31)45-44(51-48)35-23-10-11-26-38(35)56-45/h1-29H. The Bertz CT molecular complexity index is 3250. The average molecular weight is 752 g/mol. The van der Waals surface area contributed by atoms with E-state index in [1.807, 2.05) is 42.5 Å². The van der Waals surface area contributed by atoms with Crippen molar-refractivity contribution in [1.29, 1.82) is 0 Å². The molecule has 56 heavy (non-hydrogen) atoms. The highest BCUT2D eigenvalue weighted by Gasteiger charge is 2.22. The largest absolute Gasteiger partial charge is 0.226 e. The molecule has 4 heterocycles. The first-order chi connectivity index (χ1) is 27.7. The summed E-state index contributed by atoms with van der Waals surface area (Å²) in [6.45, 7) is 0. The zero-order valence-corrected chi connectivity index (χ0v) is 31.4. The lowest BCUT2D eigenvalue weighted by molar-refractivity contribution is 1.08. The minimum absolute atomic E-state index is 0.615. The van der Waals surface area contributed by atoms with Crippen LogP contribution >= 0.6 is 22.7 Å². The van der Waals surface area contributed by atoms with Crippen molar-refractivity contribution < 1.29 is 0 Å². The number of thiophene rings is 2. The van der Waals surface area contributed by atoms with Crippen LogP contribution in [0.2, 0.25) is 0 Å². The molecule has 0 amide bonds. The first-order valence-corrected chi connectivity index (χ1v) is 20.1. The van der Waals surface area contributed by atoms with Crippen LogP contribution < -0.4 is 0 Å². The monoisotopic (exact) mass is 751 g/mol. The van der Waals surface area contributed by atoms with Crippen LogP contribution in [0.25, 0.3) is 108 Å². The summed E-state index contributed by atoms with van der Waals surface area (Å²) in [5.41, 5.74) is 8.99. The molecule has 0 saturated heterocycles. The quantitative estimate of drug-likeness (QED) is 0.169. The van der Waals surface area contributed by atoms with Crippen molar-refractivity contribution in [3.63, 3.8) is 0 Å². The van der Waals surface area contributed by atoms with E-state index in [1.165, 1.54) is 4.70 Å². The van der Waals surface area contributed by atoms with Crippen molar-refractivity contribution in [3.8, 4) is 67.9 Å². The molecule has 262 valence electrons. The molecular formula is C49H29N5S2. The molecular weight excluding hydrogens is 723 g/mol. The van der Waals surface area contributed by atoms with Gasteiger partial charge in [0, 0.05) is 58.1 Å². The second-order valence-electron chi connectivity index (χ2n) is 13.6. The maximum absolute atomic E-state index is 5.38. The molecule has 0 radical (unpaired) electrons. The molecule has 4 aromatic heterocycles. The molecule has 11 aromatic rings. The van der Waals surface area contributed by atoms with Gasteiger partial charge in [0.15, 0.2) is 23.3 Å². The van der Waals surface area contributed by atoms with Gasteiger partial charge in [0.25, 0.3) is 0 Å². The van der Waals surface area contributed by atoms with Gasteiger partial charge < -0.3 is 0 Å². The summed E-state index contributed by atoms with van der Waals surface area (Å²) in [5.74, 6) is 2.55. The topological polar surface area (TPSA) is 64.5 Å². The Hall–Kier alpha value is -6.93. The Kier molecular flexibility index (Phi) is 7.79. The molecule has 0 bridgehead atoms. The van der Waals surface area contributed by atoms with Gasteiger partial charge in [0.05, 0.1) is 15.9 Å². The van der Waals surface area contributed by atoms with E-state index >= 15 is 0 Å². The molecule has 0 unspecified atom stereocenters. The lowest BCUT2D eigenvalue weighted by Gasteiger charge is -2.11. The molecule has 0 atom stereocenters. The first-order valence-electron chi connectivity index (χ1n) is 18.4. The van der Waals surface area contributed by atoms with Crippen LogP contribution in [-0.4, -0.2) is 24.9 Å². The number of nitrogens with zero attached hydrogens (tertiary/aromatic N) is 5. The maximum atomic E-state index is 5.38. The lowest BCUT2D eigenvalue weighted by atomic mass is 10.0. The number of benzene rings is 7. The van der Waals surface area contributed by atoms with Crippen LogP contribution in [0.3, 0.4) is 0 Å². The summed E-state index contributed by atoms with van der Waals surface area (Å²) in [7, 11) is 0. The molecule has 11 rings (SSSR count). The lowest BCUT2D eigenvalue weighted by Crippen LogP contribution is -2.00. The maximum Gasteiger partial charge on any atom is 0.164 e. The van der Waals surface area contributed by atoms with Crippen LogP contribution in [-0.2, 0) is 0 Å². The van der Waals surface area contributed by atoms with Crippen LogP contribution in [0.15, 0.2) is 176 Å². The zero-order valence-electron chi connectivity index (χ0n) is 29.8. The van der Waals surface area contributed by atoms with Gasteiger partial charge >= 0.3 is 0 Å². The fourth-order valence-electron chi connectivity index (χ4n) is 7.55. The zero-order chi connectivity index (χ0) is 37.0. The van der Waals surface area contributed by atoms with Gasteiger partial charge in [-0.25, -0.2) is 24.9 Å². The summed E-state index contributed by atoms with van der Waals surface area (Å²) in [4.78, 5) is 26.3. The van der Waals surface area contributed by atoms with E-state index in [9.17, 15) is 0 Å². The van der Waals surface area contributed by atoms with Crippen LogP contribution in [0, 0.1) is 0 Å². The summed E-state index contributed by atoms with van der Waals surface area (Å²) >= 11 is 3.51. The van der Waals surface area contributed by atoms with Gasteiger partial charge in [-0.05, 0) is 35.4 Å². The normalized spacial score (nSPS) is 11.6. The molecule has 0 aliphatic heterocycles. The Morgan fingerprint density at radius 1 is 0.321 bits per heavy atom. The third-order valence-electron chi connectivity index (χ3n) is 10.2. The van der Waals surface area contributed by atoms with Crippen LogP contribution in [0.5, 0.6) is 0 Å². The van der Waals surface area contributed by atoms with E-state index in [0.717, 1.165) is 80.4 Å². The fourth-order valence-corrected chi connectivity index (χ4v) is 9.86. The first kappa shape index (κ1) is 32.5. The smallest absolute Gasteiger partial charge is 0.164 e. The number of hydrogen-bond acceptors (Lipinski definition) is 7. The highest BCUT2D eigenvalue weighted by molar-refractivity contribution is 7.26. The number of fused-ring (bicyclic) bond motifs is 6. The summed E-state index contributed by atoms with van der Waals surface area (Å²) in [6.07, 6.45) is 0. The van der Waals surface area contributed by atoms with Crippen molar-refractivity contribution >= 4 is 63.1 Å². The van der Waals surface area contributed by atoms with Crippen molar-refractivity contribution in [1.82, 2.24) is 24.9 Å². The molecule has 0 N–H and O–H groups in total. The van der Waals surface area contributed by atoms with E-state index in [-0.39, 0.29) is 0 Å². The van der Waals surface area contributed by atoms with E-state index in [1.54, 1.807) is 22.7 Å². The van der Waals surface area contributed by atoms with Gasteiger partial charge in [0.1, 0.15) is 0 Å². The Morgan fingerprint density at radius 2 is 0.821 bits per heavy atom. The molecule has 7 heteroatoms. The van der Waals surface area contributed by atoms with E-state index in [2.05, 4.69) is 133 Å². The number of hydrogen-bond donors (Lipinski definition) is 0. The Labute approximate surface area is 330 Å². The second-order valence-corrected chi connectivity index (χ2v) is 15.8. The summed E-state index contributed by atoms with van der Waals surface area (Å²) < 4.78 is 4.58. The second kappa shape index (κ2) is 13.4. The highest BCUT2D eigenvalue weighted by Crippen LogP contribution is 2.45. The molecule has 5 nitrogen and oxygen atoms in total. The number of aromatic nitrogens is 5. The van der Waals surface area contributed by atoms with Crippen molar-refractivity contribution in [2.45, 2.75) is 0 Å². The van der Waals surface area contributed by atoms with Crippen molar-refractivity contribution in [3.05, 3.63) is 176 Å². The predicted octanol–water partition coefficient (Wildman–Crippen LogP) is 13.4. The van der Waals surface area contributed by atoms with Crippen molar-refractivity contribution in [2.24, 2.45) is 0 Å². The molecule has 7 aromatic carbocycles. The van der Waals surface area contributed by atoms with Gasteiger partial charge in [-0.1, -0.05) is 152 Å². The van der Waals surface area contributed by atoms with E-state index in [4.69, 9.17) is 24.9 Å². The van der Waals surface area contributed by atoms with Gasteiger partial charge in [-0.2, -0.15) is 0 Å².